The van der Waals surface area contributed by atoms with E-state index in [0.717, 1.165) is 12.8 Å². The number of aliphatic carboxylic acids is 1. The van der Waals surface area contributed by atoms with Crippen LogP contribution in [0.15, 0.2) is 0 Å². The number of unbranched alkanes of at least 4 members (excludes halogenated alkanes) is 3. The second kappa shape index (κ2) is 11.0. The summed E-state index contributed by atoms with van der Waals surface area (Å²) in [5.74, 6) is -1.62. The van der Waals surface area contributed by atoms with E-state index in [9.17, 15) is 19.7 Å². The zero-order chi connectivity index (χ0) is 15.4. The van der Waals surface area contributed by atoms with Gasteiger partial charge in [-0.1, -0.05) is 6.42 Å². The van der Waals surface area contributed by atoms with Gasteiger partial charge in [0, 0.05) is 6.42 Å². The Bertz CT molecular complexity index is 322. The quantitative estimate of drug-likeness (QED) is 0.229. The lowest BCUT2D eigenvalue weighted by Gasteiger charge is -2.10. The van der Waals surface area contributed by atoms with Gasteiger partial charge in [0.2, 0.25) is 0 Å². The molecule has 0 fully saturated rings. The lowest BCUT2D eigenvalue weighted by Crippen LogP contribution is -2.33. The molecule has 0 saturated carbocycles. The second-order valence-electron chi connectivity index (χ2n) is 4.18. The Hall–Kier alpha value is -1.90. The van der Waals surface area contributed by atoms with Crippen LogP contribution < -0.4 is 5.73 Å². The summed E-state index contributed by atoms with van der Waals surface area (Å²) >= 11 is 0. The maximum atomic E-state index is 11.3. The van der Waals surface area contributed by atoms with Crippen molar-refractivity contribution < 1.29 is 29.4 Å². The Kier molecular flexibility index (Phi) is 9.93. The number of esters is 1. The molecule has 0 radical (unpaired) electrons. The summed E-state index contributed by atoms with van der Waals surface area (Å²) in [6.07, 6.45) is 2.54. The molecule has 9 heteroatoms. The standard InChI is InChI=1S/C11H20N2O7/c12-9(5-6-10(14)15)11(16)19-7-3-1-2-4-8-20-13(17)18/h9H,1-8,12H2,(H,14,15). The molecule has 0 bridgehead atoms. The third kappa shape index (κ3) is 11.2. The molecule has 116 valence electrons. The Morgan fingerprint density at radius 3 is 2.35 bits per heavy atom. The van der Waals surface area contributed by atoms with Crippen LogP contribution in [0, 0.1) is 10.1 Å². The van der Waals surface area contributed by atoms with Crippen LogP contribution in [0.25, 0.3) is 0 Å². The summed E-state index contributed by atoms with van der Waals surface area (Å²) in [6.45, 7) is 0.266. The van der Waals surface area contributed by atoms with Crippen LogP contribution in [0.4, 0.5) is 0 Å². The molecule has 0 aliphatic rings. The van der Waals surface area contributed by atoms with E-state index < -0.39 is 23.1 Å². The number of carboxylic acid groups (broad SMARTS) is 1. The van der Waals surface area contributed by atoms with Gasteiger partial charge >= 0.3 is 11.9 Å². The molecule has 1 unspecified atom stereocenters. The predicted molar refractivity (Wildman–Crippen MR) is 67.2 cm³/mol. The highest BCUT2D eigenvalue weighted by Gasteiger charge is 2.15. The van der Waals surface area contributed by atoms with Gasteiger partial charge in [-0.3, -0.25) is 9.59 Å². The van der Waals surface area contributed by atoms with Gasteiger partial charge in [0.25, 0.3) is 5.09 Å². The van der Waals surface area contributed by atoms with Crippen LogP contribution in [0.2, 0.25) is 0 Å². The van der Waals surface area contributed by atoms with Gasteiger partial charge in [0.15, 0.2) is 0 Å². The van der Waals surface area contributed by atoms with Crippen molar-refractivity contribution in [1.82, 2.24) is 0 Å². The van der Waals surface area contributed by atoms with Crippen molar-refractivity contribution in [3.63, 3.8) is 0 Å². The van der Waals surface area contributed by atoms with Crippen molar-refractivity contribution in [2.24, 2.45) is 5.73 Å². The highest BCUT2D eigenvalue weighted by molar-refractivity contribution is 5.76. The van der Waals surface area contributed by atoms with E-state index >= 15 is 0 Å². The lowest BCUT2D eigenvalue weighted by molar-refractivity contribution is -0.757. The highest BCUT2D eigenvalue weighted by Crippen LogP contribution is 2.02. The Morgan fingerprint density at radius 1 is 1.20 bits per heavy atom. The molecule has 9 nitrogen and oxygen atoms in total. The zero-order valence-electron chi connectivity index (χ0n) is 11.2. The summed E-state index contributed by atoms with van der Waals surface area (Å²) in [4.78, 5) is 35.6. The minimum atomic E-state index is -1.01. The third-order valence-electron chi connectivity index (χ3n) is 2.45. The smallest absolute Gasteiger partial charge is 0.322 e. The molecule has 0 aromatic heterocycles. The van der Waals surface area contributed by atoms with Crippen molar-refractivity contribution in [1.29, 1.82) is 0 Å². The first kappa shape index (κ1) is 18.1. The summed E-state index contributed by atoms with van der Waals surface area (Å²) in [5.41, 5.74) is 5.46. The average Bonchev–Trinajstić information content (AvgIpc) is 2.38. The fraction of sp³-hybridized carbons (Fsp3) is 0.818. The lowest BCUT2D eigenvalue weighted by atomic mass is 10.2. The Labute approximate surface area is 116 Å². The zero-order valence-corrected chi connectivity index (χ0v) is 11.2. The van der Waals surface area contributed by atoms with E-state index in [1.807, 2.05) is 0 Å². The van der Waals surface area contributed by atoms with Crippen molar-refractivity contribution in [2.45, 2.75) is 44.6 Å². The van der Waals surface area contributed by atoms with Gasteiger partial charge in [-0.2, -0.15) is 0 Å². The molecule has 20 heavy (non-hydrogen) atoms. The number of nitrogens with zero attached hydrogens (tertiary/aromatic N) is 1. The van der Waals surface area contributed by atoms with E-state index in [-0.39, 0.29) is 26.1 Å². The number of carbonyl (C=O) groups is 2. The van der Waals surface area contributed by atoms with E-state index in [0.29, 0.717) is 12.8 Å². The molecule has 0 aliphatic heterocycles. The van der Waals surface area contributed by atoms with Gasteiger partial charge in [-0.05, 0) is 25.7 Å². The van der Waals surface area contributed by atoms with Gasteiger partial charge in [-0.25, -0.2) is 0 Å². The van der Waals surface area contributed by atoms with E-state index in [1.54, 1.807) is 0 Å². The van der Waals surface area contributed by atoms with E-state index in [4.69, 9.17) is 15.6 Å². The summed E-state index contributed by atoms with van der Waals surface area (Å²) in [5, 5.41) is 17.4. The first-order valence-electron chi connectivity index (χ1n) is 6.34. The van der Waals surface area contributed by atoms with Crippen LogP contribution in [-0.2, 0) is 19.2 Å². The number of hydrogen-bond acceptors (Lipinski definition) is 7. The van der Waals surface area contributed by atoms with Gasteiger partial charge < -0.3 is 20.4 Å². The molecule has 0 aliphatic carbocycles. The monoisotopic (exact) mass is 292 g/mol. The SMILES string of the molecule is NC(CCC(=O)O)C(=O)OCCCCCCO[N+](=O)[O-]. The largest absolute Gasteiger partial charge is 0.481 e. The molecule has 0 aromatic rings. The van der Waals surface area contributed by atoms with Crippen LogP contribution in [0.1, 0.15) is 38.5 Å². The van der Waals surface area contributed by atoms with Gasteiger partial charge in [-0.15, -0.1) is 10.1 Å². The maximum Gasteiger partial charge on any atom is 0.322 e. The fourth-order valence-corrected chi connectivity index (χ4v) is 1.37. The topological polar surface area (TPSA) is 142 Å². The van der Waals surface area contributed by atoms with E-state index in [2.05, 4.69) is 4.84 Å². The number of rotatable bonds is 12. The van der Waals surface area contributed by atoms with Crippen LogP contribution in [0.5, 0.6) is 0 Å². The number of hydrogen-bond donors (Lipinski definition) is 2. The summed E-state index contributed by atoms with van der Waals surface area (Å²) in [7, 11) is 0. The summed E-state index contributed by atoms with van der Waals surface area (Å²) < 4.78 is 4.88. The second-order valence-corrected chi connectivity index (χ2v) is 4.18. The fourth-order valence-electron chi connectivity index (χ4n) is 1.37. The Morgan fingerprint density at radius 2 is 1.80 bits per heavy atom. The minimum Gasteiger partial charge on any atom is -0.481 e. The highest BCUT2D eigenvalue weighted by atomic mass is 16.9. The van der Waals surface area contributed by atoms with Crippen molar-refractivity contribution in [3.05, 3.63) is 10.1 Å². The molecule has 0 spiro atoms. The van der Waals surface area contributed by atoms with Gasteiger partial charge in [0.05, 0.1) is 13.2 Å². The van der Waals surface area contributed by atoms with Crippen LogP contribution in [0.3, 0.4) is 0 Å². The summed E-state index contributed by atoms with van der Waals surface area (Å²) in [6, 6.07) is -0.917. The normalized spacial score (nSPS) is 11.7. The van der Waals surface area contributed by atoms with Crippen LogP contribution in [-0.4, -0.2) is 41.4 Å². The minimum absolute atomic E-state index is 0.0480. The number of carbonyl (C=O) groups excluding carboxylic acids is 1. The molecule has 3 N–H and O–H groups in total. The number of carboxylic acids is 1. The first-order chi connectivity index (χ1) is 9.43. The van der Waals surface area contributed by atoms with Crippen molar-refractivity contribution in [2.75, 3.05) is 13.2 Å². The molecule has 0 saturated heterocycles. The average molecular weight is 292 g/mol. The Balaban J connectivity index is 3.43. The van der Waals surface area contributed by atoms with E-state index in [1.165, 1.54) is 0 Å². The first-order valence-corrected chi connectivity index (χ1v) is 6.34. The third-order valence-corrected chi connectivity index (χ3v) is 2.45. The van der Waals surface area contributed by atoms with Crippen molar-refractivity contribution in [3.8, 4) is 0 Å². The maximum absolute atomic E-state index is 11.3. The van der Waals surface area contributed by atoms with Crippen molar-refractivity contribution >= 4 is 11.9 Å². The molecular formula is C11H20N2O7. The molecular weight excluding hydrogens is 272 g/mol. The number of ether oxygens (including phenoxy) is 1. The number of nitrogens with two attached hydrogens (primary N) is 1. The molecule has 0 rings (SSSR count). The molecule has 0 amide bonds. The molecule has 0 aromatic carbocycles. The molecule has 1 atom stereocenters. The van der Waals surface area contributed by atoms with Gasteiger partial charge in [0.1, 0.15) is 6.04 Å². The molecule has 0 heterocycles. The predicted octanol–water partition coefficient (Wildman–Crippen LogP) is 0.490. The van der Waals surface area contributed by atoms with Crippen LogP contribution >= 0.6 is 0 Å².